The lowest BCUT2D eigenvalue weighted by atomic mass is 10.3. The Morgan fingerprint density at radius 3 is 2.50 bits per heavy atom. The van der Waals surface area contributed by atoms with Gasteiger partial charge in [-0.25, -0.2) is 8.42 Å². The van der Waals surface area contributed by atoms with Crippen molar-refractivity contribution in [2.24, 2.45) is 0 Å². The molecular formula is C14H18N2O5S. The highest BCUT2D eigenvalue weighted by Crippen LogP contribution is 2.34. The SMILES string of the molecule is CCC(=O)N1CCN(S(=O)(=O)c2ccc3c(c2)OCO3)CC1. The van der Waals surface area contributed by atoms with Crippen LogP contribution in [-0.4, -0.2) is 56.5 Å². The molecule has 0 spiro atoms. The van der Waals surface area contributed by atoms with E-state index < -0.39 is 10.0 Å². The molecule has 7 nitrogen and oxygen atoms in total. The number of ether oxygens (including phenoxy) is 2. The van der Waals surface area contributed by atoms with Crippen LogP contribution in [0.5, 0.6) is 11.5 Å². The maximum Gasteiger partial charge on any atom is 0.243 e. The highest BCUT2D eigenvalue weighted by Gasteiger charge is 2.30. The number of hydrogen-bond acceptors (Lipinski definition) is 5. The second-order valence-corrected chi connectivity index (χ2v) is 7.09. The van der Waals surface area contributed by atoms with Gasteiger partial charge in [-0.3, -0.25) is 4.79 Å². The van der Waals surface area contributed by atoms with E-state index in [1.807, 2.05) is 0 Å². The van der Waals surface area contributed by atoms with E-state index in [4.69, 9.17) is 9.47 Å². The van der Waals surface area contributed by atoms with E-state index in [0.717, 1.165) is 0 Å². The first-order chi connectivity index (χ1) is 10.5. The molecule has 2 aliphatic heterocycles. The Labute approximate surface area is 129 Å². The first-order valence-corrected chi connectivity index (χ1v) is 8.64. The zero-order valence-corrected chi connectivity index (χ0v) is 13.1. The molecule has 0 aromatic heterocycles. The van der Waals surface area contributed by atoms with Crippen molar-refractivity contribution in [1.82, 2.24) is 9.21 Å². The third-order valence-electron chi connectivity index (χ3n) is 3.88. The number of benzene rings is 1. The summed E-state index contributed by atoms with van der Waals surface area (Å²) in [7, 11) is -3.58. The summed E-state index contributed by atoms with van der Waals surface area (Å²) >= 11 is 0. The molecule has 0 radical (unpaired) electrons. The van der Waals surface area contributed by atoms with Crippen LogP contribution in [0.4, 0.5) is 0 Å². The van der Waals surface area contributed by atoms with Crippen molar-refractivity contribution in [3.63, 3.8) is 0 Å². The van der Waals surface area contributed by atoms with Crippen LogP contribution in [0, 0.1) is 0 Å². The number of nitrogens with zero attached hydrogens (tertiary/aromatic N) is 2. The first kappa shape index (κ1) is 15.1. The molecule has 0 bridgehead atoms. The number of sulfonamides is 1. The molecule has 0 unspecified atom stereocenters. The largest absolute Gasteiger partial charge is 0.454 e. The predicted octanol–water partition coefficient (Wildman–Crippen LogP) is 0.658. The van der Waals surface area contributed by atoms with Crippen molar-refractivity contribution in [2.45, 2.75) is 18.2 Å². The van der Waals surface area contributed by atoms with Crippen molar-refractivity contribution >= 4 is 15.9 Å². The number of hydrogen-bond donors (Lipinski definition) is 0. The van der Waals surface area contributed by atoms with Gasteiger partial charge >= 0.3 is 0 Å². The van der Waals surface area contributed by atoms with Crippen molar-refractivity contribution in [1.29, 1.82) is 0 Å². The van der Waals surface area contributed by atoms with E-state index >= 15 is 0 Å². The Kier molecular flexibility index (Phi) is 3.96. The molecule has 22 heavy (non-hydrogen) atoms. The Balaban J connectivity index is 1.75. The fourth-order valence-electron chi connectivity index (χ4n) is 2.59. The highest BCUT2D eigenvalue weighted by molar-refractivity contribution is 7.89. The molecule has 0 aliphatic carbocycles. The number of carbonyl (C=O) groups excluding carboxylic acids is 1. The Hall–Kier alpha value is -1.80. The number of piperazine rings is 1. The smallest absolute Gasteiger partial charge is 0.243 e. The Morgan fingerprint density at radius 2 is 1.82 bits per heavy atom. The van der Waals surface area contributed by atoms with Crippen LogP contribution in [0.1, 0.15) is 13.3 Å². The van der Waals surface area contributed by atoms with Gasteiger partial charge in [0.05, 0.1) is 4.90 Å². The van der Waals surface area contributed by atoms with Crippen LogP contribution in [0.2, 0.25) is 0 Å². The molecule has 3 rings (SSSR count). The molecule has 2 heterocycles. The molecule has 1 fully saturated rings. The standard InChI is InChI=1S/C14H18N2O5S/c1-2-14(17)15-5-7-16(8-6-15)22(18,19)11-3-4-12-13(9-11)21-10-20-12/h3-4,9H,2,5-8,10H2,1H3. The van der Waals surface area contributed by atoms with Gasteiger partial charge in [0, 0.05) is 38.7 Å². The van der Waals surface area contributed by atoms with Crippen molar-refractivity contribution < 1.29 is 22.7 Å². The van der Waals surface area contributed by atoms with Crippen LogP contribution >= 0.6 is 0 Å². The molecule has 120 valence electrons. The fraction of sp³-hybridized carbons (Fsp3) is 0.500. The Morgan fingerprint density at radius 1 is 1.14 bits per heavy atom. The van der Waals surface area contributed by atoms with Gasteiger partial charge in [-0.15, -0.1) is 0 Å². The first-order valence-electron chi connectivity index (χ1n) is 7.20. The van der Waals surface area contributed by atoms with E-state index in [2.05, 4.69) is 0 Å². The van der Waals surface area contributed by atoms with Crippen molar-refractivity contribution in [2.75, 3.05) is 33.0 Å². The molecule has 1 aromatic rings. The third kappa shape index (κ3) is 2.64. The zero-order valence-electron chi connectivity index (χ0n) is 12.3. The minimum atomic E-state index is -3.58. The predicted molar refractivity (Wildman–Crippen MR) is 78.2 cm³/mol. The number of rotatable bonds is 3. The lowest BCUT2D eigenvalue weighted by molar-refractivity contribution is -0.132. The quantitative estimate of drug-likeness (QED) is 0.815. The summed E-state index contributed by atoms with van der Waals surface area (Å²) in [6, 6.07) is 4.61. The average Bonchev–Trinajstić information content (AvgIpc) is 3.01. The molecule has 0 N–H and O–H groups in total. The monoisotopic (exact) mass is 326 g/mol. The van der Waals surface area contributed by atoms with Crippen molar-refractivity contribution in [3.8, 4) is 11.5 Å². The van der Waals surface area contributed by atoms with Gasteiger partial charge in [-0.2, -0.15) is 4.31 Å². The van der Waals surface area contributed by atoms with E-state index in [1.165, 1.54) is 16.4 Å². The van der Waals surface area contributed by atoms with E-state index in [1.54, 1.807) is 17.9 Å². The normalized spacial score (nSPS) is 18.5. The van der Waals surface area contributed by atoms with E-state index in [0.29, 0.717) is 44.1 Å². The molecular weight excluding hydrogens is 308 g/mol. The summed E-state index contributed by atoms with van der Waals surface area (Å²) < 4.78 is 37.1. The Bertz CT molecular complexity index is 680. The molecule has 1 saturated heterocycles. The lowest BCUT2D eigenvalue weighted by Crippen LogP contribution is -2.50. The van der Waals surface area contributed by atoms with E-state index in [9.17, 15) is 13.2 Å². The third-order valence-corrected chi connectivity index (χ3v) is 5.77. The minimum Gasteiger partial charge on any atom is -0.454 e. The van der Waals surface area contributed by atoms with Gasteiger partial charge in [0.1, 0.15) is 0 Å². The summed E-state index contributed by atoms with van der Waals surface area (Å²) in [5.74, 6) is 1.05. The molecule has 2 aliphatic rings. The maximum absolute atomic E-state index is 12.7. The van der Waals surface area contributed by atoms with Gasteiger partial charge in [0.15, 0.2) is 11.5 Å². The van der Waals surface area contributed by atoms with Crippen molar-refractivity contribution in [3.05, 3.63) is 18.2 Å². The summed E-state index contributed by atoms with van der Waals surface area (Å²) in [6.07, 6.45) is 0.439. The fourth-order valence-corrected chi connectivity index (χ4v) is 4.03. The summed E-state index contributed by atoms with van der Waals surface area (Å²) in [4.78, 5) is 13.5. The molecule has 0 atom stereocenters. The van der Waals surface area contributed by atoms with Gasteiger partial charge < -0.3 is 14.4 Å². The van der Waals surface area contributed by atoms with Gasteiger partial charge in [0.25, 0.3) is 0 Å². The van der Waals surface area contributed by atoms with E-state index in [-0.39, 0.29) is 17.6 Å². The average molecular weight is 326 g/mol. The molecule has 1 amide bonds. The van der Waals surface area contributed by atoms with Gasteiger partial charge in [-0.05, 0) is 12.1 Å². The lowest BCUT2D eigenvalue weighted by Gasteiger charge is -2.33. The molecule has 0 saturated carbocycles. The number of amides is 1. The van der Waals surface area contributed by atoms with Crippen LogP contribution < -0.4 is 9.47 Å². The summed E-state index contributed by atoms with van der Waals surface area (Å²) in [6.45, 7) is 3.38. The summed E-state index contributed by atoms with van der Waals surface area (Å²) in [5.41, 5.74) is 0. The van der Waals surface area contributed by atoms with Crippen LogP contribution in [0.25, 0.3) is 0 Å². The van der Waals surface area contributed by atoms with Crippen LogP contribution in [0.3, 0.4) is 0 Å². The number of fused-ring (bicyclic) bond motifs is 1. The summed E-state index contributed by atoms with van der Waals surface area (Å²) in [5, 5.41) is 0. The zero-order chi connectivity index (χ0) is 15.7. The molecule has 1 aromatic carbocycles. The minimum absolute atomic E-state index is 0.0557. The topological polar surface area (TPSA) is 76.2 Å². The maximum atomic E-state index is 12.7. The molecule has 8 heteroatoms. The second-order valence-electron chi connectivity index (χ2n) is 5.15. The van der Waals surface area contributed by atoms with Crippen LogP contribution in [-0.2, 0) is 14.8 Å². The number of carbonyl (C=O) groups is 1. The second kappa shape index (κ2) is 5.77. The highest BCUT2D eigenvalue weighted by atomic mass is 32.2. The van der Waals surface area contributed by atoms with Gasteiger partial charge in [0.2, 0.25) is 22.7 Å². The van der Waals surface area contributed by atoms with Gasteiger partial charge in [-0.1, -0.05) is 6.92 Å². The van der Waals surface area contributed by atoms with Crippen LogP contribution in [0.15, 0.2) is 23.1 Å².